The van der Waals surface area contributed by atoms with E-state index < -0.39 is 6.04 Å². The predicted octanol–water partition coefficient (Wildman–Crippen LogP) is 3.10. The van der Waals surface area contributed by atoms with Crippen molar-refractivity contribution in [1.29, 1.82) is 0 Å². The van der Waals surface area contributed by atoms with Gasteiger partial charge < -0.3 is 11.1 Å². The maximum Gasteiger partial charge on any atom is 0.237 e. The van der Waals surface area contributed by atoms with E-state index in [0.29, 0.717) is 6.42 Å². The van der Waals surface area contributed by atoms with Crippen LogP contribution < -0.4 is 11.1 Å². The van der Waals surface area contributed by atoms with Crippen molar-refractivity contribution in [2.75, 3.05) is 0 Å². The Balaban J connectivity index is 0.00000242. The van der Waals surface area contributed by atoms with Crippen LogP contribution in [0.4, 0.5) is 0 Å². The summed E-state index contributed by atoms with van der Waals surface area (Å²) in [7, 11) is 0. The number of nitrogens with two attached hydrogens (primary N) is 1. The second-order valence-electron chi connectivity index (χ2n) is 5.42. The maximum absolute atomic E-state index is 12.1. The largest absolute Gasteiger partial charge is 0.352 e. The Kier molecular flexibility index (Phi) is 7.59. The number of halogens is 1. The van der Waals surface area contributed by atoms with Crippen molar-refractivity contribution in [2.24, 2.45) is 5.73 Å². The van der Waals surface area contributed by atoms with Crippen LogP contribution in [0.25, 0.3) is 0 Å². The molecule has 1 amide bonds. The van der Waals surface area contributed by atoms with Crippen molar-refractivity contribution in [1.82, 2.24) is 5.32 Å². The molecule has 3 nitrogen and oxygen atoms in total. The Bertz CT molecular complexity index is 585. The van der Waals surface area contributed by atoms with Gasteiger partial charge in [-0.15, -0.1) is 23.7 Å². The molecule has 0 fully saturated rings. The van der Waals surface area contributed by atoms with E-state index in [1.165, 1.54) is 9.75 Å². The van der Waals surface area contributed by atoms with Crippen LogP contribution in [0, 0.1) is 6.92 Å². The van der Waals surface area contributed by atoms with Crippen LogP contribution >= 0.6 is 23.7 Å². The Hall–Kier alpha value is -1.36. The summed E-state index contributed by atoms with van der Waals surface area (Å²) < 4.78 is 0. The molecule has 2 aromatic rings. The Morgan fingerprint density at radius 2 is 1.86 bits per heavy atom. The van der Waals surface area contributed by atoms with Crippen molar-refractivity contribution in [2.45, 2.75) is 38.8 Å². The van der Waals surface area contributed by atoms with Crippen molar-refractivity contribution in [3.05, 3.63) is 57.8 Å². The molecule has 22 heavy (non-hydrogen) atoms. The molecule has 0 aliphatic carbocycles. The first-order chi connectivity index (χ1) is 10.0. The van der Waals surface area contributed by atoms with Gasteiger partial charge in [-0.05, 0) is 38.0 Å². The number of nitrogens with one attached hydrogen (secondary N) is 1. The molecule has 0 saturated carbocycles. The first kappa shape index (κ1) is 18.7. The molecule has 0 bridgehead atoms. The van der Waals surface area contributed by atoms with Crippen LogP contribution in [0.15, 0.2) is 42.5 Å². The molecule has 0 aliphatic heterocycles. The van der Waals surface area contributed by atoms with Gasteiger partial charge in [0.05, 0.1) is 6.04 Å². The van der Waals surface area contributed by atoms with Gasteiger partial charge in [0.2, 0.25) is 5.91 Å². The summed E-state index contributed by atoms with van der Waals surface area (Å²) in [5, 5.41) is 3.00. The summed E-state index contributed by atoms with van der Waals surface area (Å²) in [4.78, 5) is 14.7. The lowest BCUT2D eigenvalue weighted by Crippen LogP contribution is -2.46. The zero-order valence-corrected chi connectivity index (χ0v) is 14.5. The third kappa shape index (κ3) is 5.79. The number of carbonyl (C=O) groups is 1. The van der Waals surface area contributed by atoms with Crippen LogP contribution in [0.5, 0.6) is 0 Å². The predicted molar refractivity (Wildman–Crippen MR) is 95.7 cm³/mol. The third-order valence-corrected chi connectivity index (χ3v) is 4.35. The number of benzene rings is 1. The summed E-state index contributed by atoms with van der Waals surface area (Å²) in [5.41, 5.74) is 7.07. The van der Waals surface area contributed by atoms with E-state index in [9.17, 15) is 4.79 Å². The van der Waals surface area contributed by atoms with Gasteiger partial charge in [-0.3, -0.25) is 4.79 Å². The molecule has 1 aromatic heterocycles. The highest BCUT2D eigenvalue weighted by atomic mass is 35.5. The molecule has 2 rings (SSSR count). The molecule has 5 heteroatoms. The minimum absolute atomic E-state index is 0. The van der Waals surface area contributed by atoms with Crippen molar-refractivity contribution < 1.29 is 4.79 Å². The Morgan fingerprint density at radius 3 is 2.45 bits per heavy atom. The quantitative estimate of drug-likeness (QED) is 0.850. The van der Waals surface area contributed by atoms with E-state index >= 15 is 0 Å². The molecule has 1 aromatic carbocycles. The smallest absolute Gasteiger partial charge is 0.237 e. The first-order valence-corrected chi connectivity index (χ1v) is 8.01. The minimum Gasteiger partial charge on any atom is -0.352 e. The van der Waals surface area contributed by atoms with E-state index in [-0.39, 0.29) is 24.4 Å². The van der Waals surface area contributed by atoms with Crippen molar-refractivity contribution in [3.63, 3.8) is 0 Å². The summed E-state index contributed by atoms with van der Waals surface area (Å²) in [6.45, 7) is 4.11. The van der Waals surface area contributed by atoms with Crippen LogP contribution in [-0.4, -0.2) is 18.0 Å². The molecule has 0 aliphatic rings. The monoisotopic (exact) mass is 338 g/mol. The molecule has 1 heterocycles. The molecule has 0 radical (unpaired) electrons. The number of hydrogen-bond donors (Lipinski definition) is 2. The van der Waals surface area contributed by atoms with E-state index in [4.69, 9.17) is 5.73 Å². The normalized spacial score (nSPS) is 13.0. The standard InChI is InChI=1S/C17H22N2OS.ClH/c1-12(10-15-9-8-13(2)21-15)19-17(20)16(18)11-14-6-4-3-5-7-14;/h3-9,12,16H,10-11,18H2,1-2H3,(H,19,20);1H. The average molecular weight is 339 g/mol. The van der Waals surface area contributed by atoms with Gasteiger partial charge in [-0.1, -0.05) is 30.3 Å². The summed E-state index contributed by atoms with van der Waals surface area (Å²) in [6, 6.07) is 13.7. The summed E-state index contributed by atoms with van der Waals surface area (Å²) in [5.74, 6) is -0.0837. The van der Waals surface area contributed by atoms with Gasteiger partial charge in [0.15, 0.2) is 0 Å². The molecule has 120 valence electrons. The number of amides is 1. The van der Waals surface area contributed by atoms with Gasteiger partial charge in [0, 0.05) is 22.2 Å². The Morgan fingerprint density at radius 1 is 1.18 bits per heavy atom. The van der Waals surface area contributed by atoms with E-state index in [0.717, 1.165) is 12.0 Å². The van der Waals surface area contributed by atoms with Crippen molar-refractivity contribution in [3.8, 4) is 0 Å². The molecular weight excluding hydrogens is 316 g/mol. The van der Waals surface area contributed by atoms with Crippen molar-refractivity contribution >= 4 is 29.7 Å². The van der Waals surface area contributed by atoms with Crippen LogP contribution in [0.2, 0.25) is 0 Å². The second-order valence-corrected chi connectivity index (χ2v) is 6.79. The van der Waals surface area contributed by atoms with Gasteiger partial charge in [-0.2, -0.15) is 0 Å². The third-order valence-electron chi connectivity index (χ3n) is 3.33. The lowest BCUT2D eigenvalue weighted by molar-refractivity contribution is -0.122. The van der Waals surface area contributed by atoms with E-state index in [1.807, 2.05) is 37.3 Å². The molecule has 0 spiro atoms. The molecule has 2 atom stereocenters. The number of hydrogen-bond acceptors (Lipinski definition) is 3. The Labute approximate surface area is 142 Å². The molecular formula is C17H23ClN2OS. The topological polar surface area (TPSA) is 55.1 Å². The molecule has 2 unspecified atom stereocenters. The number of carbonyl (C=O) groups excluding carboxylic acids is 1. The van der Waals surface area contributed by atoms with Crippen LogP contribution in [0.3, 0.4) is 0 Å². The zero-order chi connectivity index (χ0) is 15.2. The van der Waals surface area contributed by atoms with Crippen LogP contribution in [0.1, 0.15) is 22.2 Å². The minimum atomic E-state index is -0.500. The lowest BCUT2D eigenvalue weighted by Gasteiger charge is -2.17. The van der Waals surface area contributed by atoms with Gasteiger partial charge >= 0.3 is 0 Å². The fourth-order valence-electron chi connectivity index (χ4n) is 2.26. The van der Waals surface area contributed by atoms with Gasteiger partial charge in [0.25, 0.3) is 0 Å². The van der Waals surface area contributed by atoms with E-state index in [2.05, 4.69) is 24.4 Å². The second kappa shape index (κ2) is 8.93. The van der Waals surface area contributed by atoms with Gasteiger partial charge in [-0.25, -0.2) is 0 Å². The van der Waals surface area contributed by atoms with Gasteiger partial charge in [0.1, 0.15) is 0 Å². The number of rotatable bonds is 6. The summed E-state index contributed by atoms with van der Waals surface area (Å²) in [6.07, 6.45) is 1.42. The fraction of sp³-hybridized carbons (Fsp3) is 0.353. The van der Waals surface area contributed by atoms with E-state index in [1.54, 1.807) is 11.3 Å². The lowest BCUT2D eigenvalue weighted by atomic mass is 10.1. The molecule has 0 saturated heterocycles. The number of thiophene rings is 1. The average Bonchev–Trinajstić information content (AvgIpc) is 2.84. The highest BCUT2D eigenvalue weighted by molar-refractivity contribution is 7.11. The zero-order valence-electron chi connectivity index (χ0n) is 12.9. The fourth-order valence-corrected chi connectivity index (χ4v) is 3.28. The first-order valence-electron chi connectivity index (χ1n) is 7.20. The molecule has 3 N–H and O–H groups in total. The summed E-state index contributed by atoms with van der Waals surface area (Å²) >= 11 is 1.77. The highest BCUT2D eigenvalue weighted by Gasteiger charge is 2.16. The van der Waals surface area contributed by atoms with Crippen LogP contribution in [-0.2, 0) is 17.6 Å². The SMILES string of the molecule is Cc1ccc(CC(C)NC(=O)C(N)Cc2ccccc2)s1.Cl. The number of aryl methyl sites for hydroxylation is 1. The highest BCUT2D eigenvalue weighted by Crippen LogP contribution is 2.16. The maximum atomic E-state index is 12.1.